The van der Waals surface area contributed by atoms with Crippen LogP contribution in [0.4, 0.5) is 0 Å². The van der Waals surface area contributed by atoms with E-state index < -0.39 is 0 Å². The first-order chi connectivity index (χ1) is 8.34. The Balaban J connectivity index is 1.68. The lowest BCUT2D eigenvalue weighted by Gasteiger charge is -2.26. The lowest BCUT2D eigenvalue weighted by molar-refractivity contribution is 0.0663. The van der Waals surface area contributed by atoms with Gasteiger partial charge < -0.3 is 15.0 Å². The number of nitrogens with one attached hydrogen (secondary N) is 1. The van der Waals surface area contributed by atoms with E-state index in [1.165, 1.54) is 52.1 Å². The zero-order valence-electron chi connectivity index (χ0n) is 11.2. The molecule has 17 heavy (non-hydrogen) atoms. The van der Waals surface area contributed by atoms with Crippen LogP contribution in [0.5, 0.6) is 0 Å². The zero-order chi connectivity index (χ0) is 11.9. The minimum atomic E-state index is 0.406. The van der Waals surface area contributed by atoms with Crippen LogP contribution in [0.3, 0.4) is 0 Å². The lowest BCUT2D eigenvalue weighted by Crippen LogP contribution is -2.39. The SMILES string of the molecule is CC1CN(CCN2CCCNCC2)CCCO1. The Morgan fingerprint density at radius 3 is 2.82 bits per heavy atom. The van der Waals surface area contributed by atoms with E-state index in [-0.39, 0.29) is 0 Å². The molecule has 1 N–H and O–H groups in total. The zero-order valence-corrected chi connectivity index (χ0v) is 11.2. The minimum absolute atomic E-state index is 0.406. The van der Waals surface area contributed by atoms with Crippen LogP contribution in [0.25, 0.3) is 0 Å². The van der Waals surface area contributed by atoms with E-state index in [0.717, 1.165) is 19.7 Å². The molecule has 0 amide bonds. The van der Waals surface area contributed by atoms with Crippen molar-refractivity contribution < 1.29 is 4.74 Å². The van der Waals surface area contributed by atoms with Crippen LogP contribution in [0, 0.1) is 0 Å². The molecule has 1 unspecified atom stereocenters. The van der Waals surface area contributed by atoms with E-state index in [1.807, 2.05) is 0 Å². The fourth-order valence-corrected chi connectivity index (χ4v) is 2.69. The number of hydrogen-bond acceptors (Lipinski definition) is 4. The summed E-state index contributed by atoms with van der Waals surface area (Å²) in [5.74, 6) is 0. The summed E-state index contributed by atoms with van der Waals surface area (Å²) in [5, 5.41) is 3.46. The van der Waals surface area contributed by atoms with E-state index in [0.29, 0.717) is 6.10 Å². The highest BCUT2D eigenvalue weighted by molar-refractivity contribution is 4.71. The van der Waals surface area contributed by atoms with Gasteiger partial charge in [-0.15, -0.1) is 0 Å². The van der Waals surface area contributed by atoms with Crippen molar-refractivity contribution in [1.29, 1.82) is 0 Å². The van der Waals surface area contributed by atoms with E-state index in [1.54, 1.807) is 0 Å². The summed E-state index contributed by atoms with van der Waals surface area (Å²) in [6, 6.07) is 0. The summed E-state index contributed by atoms with van der Waals surface area (Å²) < 4.78 is 5.68. The van der Waals surface area contributed by atoms with Gasteiger partial charge in [-0.3, -0.25) is 4.90 Å². The smallest absolute Gasteiger partial charge is 0.0673 e. The average Bonchev–Trinajstić information content (AvgIpc) is 2.68. The van der Waals surface area contributed by atoms with Crippen molar-refractivity contribution in [3.05, 3.63) is 0 Å². The van der Waals surface area contributed by atoms with Crippen LogP contribution < -0.4 is 5.32 Å². The van der Waals surface area contributed by atoms with Gasteiger partial charge >= 0.3 is 0 Å². The molecule has 2 rings (SSSR count). The Morgan fingerprint density at radius 1 is 1.06 bits per heavy atom. The number of hydrogen-bond donors (Lipinski definition) is 1. The molecule has 0 aliphatic carbocycles. The molecule has 0 aromatic heterocycles. The summed E-state index contributed by atoms with van der Waals surface area (Å²) in [4.78, 5) is 5.16. The summed E-state index contributed by atoms with van der Waals surface area (Å²) >= 11 is 0. The maximum atomic E-state index is 5.68. The molecule has 2 aliphatic rings. The van der Waals surface area contributed by atoms with Crippen LogP contribution in [0.2, 0.25) is 0 Å². The van der Waals surface area contributed by atoms with Crippen molar-refractivity contribution in [2.45, 2.75) is 25.9 Å². The van der Waals surface area contributed by atoms with Gasteiger partial charge in [-0.1, -0.05) is 0 Å². The maximum absolute atomic E-state index is 5.68. The molecule has 2 aliphatic heterocycles. The van der Waals surface area contributed by atoms with Crippen molar-refractivity contribution in [2.24, 2.45) is 0 Å². The average molecular weight is 241 g/mol. The molecule has 2 saturated heterocycles. The Morgan fingerprint density at radius 2 is 1.88 bits per heavy atom. The molecular formula is C13H27N3O. The lowest BCUT2D eigenvalue weighted by atomic mass is 10.3. The van der Waals surface area contributed by atoms with Crippen molar-refractivity contribution in [2.75, 3.05) is 59.0 Å². The Bertz CT molecular complexity index is 205. The second-order valence-electron chi connectivity index (χ2n) is 5.28. The summed E-state index contributed by atoms with van der Waals surface area (Å²) in [6.07, 6.45) is 2.88. The third kappa shape index (κ3) is 4.92. The molecule has 4 nitrogen and oxygen atoms in total. The first kappa shape index (κ1) is 13.3. The molecule has 4 heteroatoms. The topological polar surface area (TPSA) is 27.7 Å². The van der Waals surface area contributed by atoms with Crippen LogP contribution in [0.15, 0.2) is 0 Å². The van der Waals surface area contributed by atoms with E-state index in [4.69, 9.17) is 4.74 Å². The standard InChI is InChI=1S/C13H27N3O/c1-13-12-16(7-3-11-17-13)10-9-15-6-2-4-14-5-8-15/h13-14H,2-12H2,1H3. The second kappa shape index (κ2) is 7.31. The molecule has 0 aromatic carbocycles. The van der Waals surface area contributed by atoms with Gasteiger partial charge in [0, 0.05) is 45.9 Å². The molecule has 0 aromatic rings. The molecular weight excluding hydrogens is 214 g/mol. The van der Waals surface area contributed by atoms with Crippen LogP contribution in [0.1, 0.15) is 19.8 Å². The van der Waals surface area contributed by atoms with Gasteiger partial charge in [0.15, 0.2) is 0 Å². The second-order valence-corrected chi connectivity index (χ2v) is 5.28. The quantitative estimate of drug-likeness (QED) is 0.774. The fourth-order valence-electron chi connectivity index (χ4n) is 2.69. The monoisotopic (exact) mass is 241 g/mol. The van der Waals surface area contributed by atoms with Crippen molar-refractivity contribution in [1.82, 2.24) is 15.1 Å². The van der Waals surface area contributed by atoms with Gasteiger partial charge in [-0.25, -0.2) is 0 Å². The van der Waals surface area contributed by atoms with Gasteiger partial charge in [0.2, 0.25) is 0 Å². The third-order valence-corrected chi connectivity index (χ3v) is 3.70. The normalized spacial score (nSPS) is 29.8. The Kier molecular flexibility index (Phi) is 5.71. The minimum Gasteiger partial charge on any atom is -0.377 e. The van der Waals surface area contributed by atoms with E-state index in [9.17, 15) is 0 Å². The fraction of sp³-hybridized carbons (Fsp3) is 1.00. The van der Waals surface area contributed by atoms with Crippen molar-refractivity contribution in [3.8, 4) is 0 Å². The Labute approximate surface area is 105 Å². The highest BCUT2D eigenvalue weighted by atomic mass is 16.5. The van der Waals surface area contributed by atoms with Gasteiger partial charge in [0.05, 0.1) is 6.10 Å². The predicted molar refractivity (Wildman–Crippen MR) is 70.4 cm³/mol. The number of rotatable bonds is 3. The molecule has 2 heterocycles. The largest absolute Gasteiger partial charge is 0.377 e. The van der Waals surface area contributed by atoms with Crippen molar-refractivity contribution in [3.63, 3.8) is 0 Å². The molecule has 100 valence electrons. The molecule has 0 spiro atoms. The Hall–Kier alpha value is -0.160. The number of ether oxygens (including phenoxy) is 1. The van der Waals surface area contributed by atoms with E-state index >= 15 is 0 Å². The third-order valence-electron chi connectivity index (χ3n) is 3.70. The molecule has 0 bridgehead atoms. The molecule has 0 saturated carbocycles. The first-order valence-electron chi connectivity index (χ1n) is 7.11. The van der Waals surface area contributed by atoms with Gasteiger partial charge in [-0.05, 0) is 32.9 Å². The molecule has 2 fully saturated rings. The summed E-state index contributed by atoms with van der Waals surface area (Å²) in [6.45, 7) is 12.7. The molecule has 1 atom stereocenters. The van der Waals surface area contributed by atoms with Crippen LogP contribution in [-0.4, -0.2) is 74.9 Å². The van der Waals surface area contributed by atoms with Crippen LogP contribution >= 0.6 is 0 Å². The molecule has 0 radical (unpaired) electrons. The number of nitrogens with zero attached hydrogens (tertiary/aromatic N) is 2. The maximum Gasteiger partial charge on any atom is 0.0673 e. The summed E-state index contributed by atoms with van der Waals surface area (Å²) in [5.41, 5.74) is 0. The van der Waals surface area contributed by atoms with Crippen molar-refractivity contribution >= 4 is 0 Å². The highest BCUT2D eigenvalue weighted by Gasteiger charge is 2.16. The highest BCUT2D eigenvalue weighted by Crippen LogP contribution is 2.05. The van der Waals surface area contributed by atoms with Gasteiger partial charge in [0.25, 0.3) is 0 Å². The first-order valence-corrected chi connectivity index (χ1v) is 7.11. The van der Waals surface area contributed by atoms with Crippen LogP contribution in [-0.2, 0) is 4.74 Å². The van der Waals surface area contributed by atoms with E-state index in [2.05, 4.69) is 22.0 Å². The van der Waals surface area contributed by atoms with Gasteiger partial charge in [-0.2, -0.15) is 0 Å². The summed E-state index contributed by atoms with van der Waals surface area (Å²) in [7, 11) is 0. The van der Waals surface area contributed by atoms with Gasteiger partial charge in [0.1, 0.15) is 0 Å². The predicted octanol–water partition coefficient (Wildman–Crippen LogP) is 0.393.